The highest BCUT2D eigenvalue weighted by atomic mass is 16.1. The number of rotatable bonds is 2. The number of aromatic nitrogens is 2. The molecule has 5 nitrogen and oxygen atoms in total. The van der Waals surface area contributed by atoms with Gasteiger partial charge in [-0.3, -0.25) is 4.79 Å². The number of anilines is 1. The van der Waals surface area contributed by atoms with Crippen LogP contribution >= 0.6 is 0 Å². The van der Waals surface area contributed by atoms with Gasteiger partial charge in [-0.15, -0.1) is 0 Å². The van der Waals surface area contributed by atoms with Crippen LogP contribution in [0.4, 0.5) is 5.95 Å². The summed E-state index contributed by atoms with van der Waals surface area (Å²) in [6.45, 7) is 2.03. The summed E-state index contributed by atoms with van der Waals surface area (Å²) in [6, 6.07) is 5.75. The van der Waals surface area contributed by atoms with E-state index in [2.05, 4.69) is 4.98 Å². The third-order valence-corrected chi connectivity index (χ3v) is 2.25. The second kappa shape index (κ2) is 3.27. The van der Waals surface area contributed by atoms with Crippen molar-refractivity contribution in [1.82, 2.24) is 9.55 Å². The molecule has 2 rings (SSSR count). The minimum Gasteiger partial charge on any atom is -0.369 e. The number of primary amides is 1. The van der Waals surface area contributed by atoms with Gasteiger partial charge in [-0.25, -0.2) is 4.98 Å². The molecule has 1 amide bonds. The molecule has 1 aromatic carbocycles. The fourth-order valence-corrected chi connectivity index (χ4v) is 1.57. The summed E-state index contributed by atoms with van der Waals surface area (Å²) in [7, 11) is 0. The second-order valence-electron chi connectivity index (χ2n) is 3.51. The fourth-order valence-electron chi connectivity index (χ4n) is 1.57. The van der Waals surface area contributed by atoms with Crippen LogP contribution in [-0.2, 0) is 11.3 Å². The van der Waals surface area contributed by atoms with Crippen molar-refractivity contribution in [2.75, 3.05) is 5.73 Å². The number of hydrogen-bond donors (Lipinski definition) is 2. The molecule has 0 spiro atoms. The minimum atomic E-state index is -0.428. The quantitative estimate of drug-likeness (QED) is 0.742. The van der Waals surface area contributed by atoms with Crippen molar-refractivity contribution >= 4 is 22.9 Å². The maximum Gasteiger partial charge on any atom is 0.237 e. The Labute approximate surface area is 86.7 Å². The SMILES string of the molecule is Cc1ccc2nc(N)n(CC(N)=O)c2c1. The van der Waals surface area contributed by atoms with E-state index >= 15 is 0 Å². The van der Waals surface area contributed by atoms with Crippen LogP contribution in [-0.4, -0.2) is 15.5 Å². The monoisotopic (exact) mass is 204 g/mol. The summed E-state index contributed by atoms with van der Waals surface area (Å²) in [4.78, 5) is 15.0. The number of carbonyl (C=O) groups is 1. The maximum absolute atomic E-state index is 10.9. The van der Waals surface area contributed by atoms with Crippen molar-refractivity contribution in [1.29, 1.82) is 0 Å². The first-order valence-electron chi connectivity index (χ1n) is 4.58. The zero-order chi connectivity index (χ0) is 11.0. The number of nitrogens with two attached hydrogens (primary N) is 2. The van der Waals surface area contributed by atoms with Crippen LogP contribution in [0.15, 0.2) is 18.2 Å². The largest absolute Gasteiger partial charge is 0.369 e. The second-order valence-corrected chi connectivity index (χ2v) is 3.51. The topological polar surface area (TPSA) is 86.9 Å². The van der Waals surface area contributed by atoms with Gasteiger partial charge >= 0.3 is 0 Å². The molecule has 0 saturated carbocycles. The number of hydrogen-bond acceptors (Lipinski definition) is 3. The van der Waals surface area contributed by atoms with Gasteiger partial charge in [-0.1, -0.05) is 6.07 Å². The third-order valence-electron chi connectivity index (χ3n) is 2.25. The summed E-state index contributed by atoms with van der Waals surface area (Å²) in [6.07, 6.45) is 0. The molecule has 1 aromatic heterocycles. The zero-order valence-electron chi connectivity index (χ0n) is 8.40. The van der Waals surface area contributed by atoms with Crippen molar-refractivity contribution in [2.24, 2.45) is 5.73 Å². The van der Waals surface area contributed by atoms with E-state index in [-0.39, 0.29) is 6.54 Å². The van der Waals surface area contributed by atoms with Crippen molar-refractivity contribution in [3.63, 3.8) is 0 Å². The number of nitrogens with zero attached hydrogens (tertiary/aromatic N) is 2. The molecule has 0 radical (unpaired) electrons. The van der Waals surface area contributed by atoms with E-state index < -0.39 is 5.91 Å². The summed E-state index contributed by atoms with van der Waals surface area (Å²) in [5.74, 6) is -0.114. The molecule has 0 aliphatic carbocycles. The van der Waals surface area contributed by atoms with Crippen LogP contribution in [0, 0.1) is 6.92 Å². The lowest BCUT2D eigenvalue weighted by Gasteiger charge is -2.02. The Morgan fingerprint density at radius 3 is 2.93 bits per heavy atom. The fraction of sp³-hybridized carbons (Fsp3) is 0.200. The van der Waals surface area contributed by atoms with E-state index in [4.69, 9.17) is 11.5 Å². The van der Waals surface area contributed by atoms with Gasteiger partial charge in [0.25, 0.3) is 0 Å². The van der Waals surface area contributed by atoms with E-state index in [0.29, 0.717) is 5.95 Å². The molecule has 5 heteroatoms. The Hall–Kier alpha value is -2.04. The van der Waals surface area contributed by atoms with Crippen LogP contribution in [0.2, 0.25) is 0 Å². The van der Waals surface area contributed by atoms with Crippen LogP contribution < -0.4 is 11.5 Å². The van der Waals surface area contributed by atoms with E-state index in [0.717, 1.165) is 16.6 Å². The lowest BCUT2D eigenvalue weighted by molar-refractivity contribution is -0.118. The van der Waals surface area contributed by atoms with E-state index in [9.17, 15) is 4.79 Å². The highest BCUT2D eigenvalue weighted by Gasteiger charge is 2.09. The molecule has 0 bridgehead atoms. The Kier molecular flexibility index (Phi) is 2.07. The zero-order valence-corrected chi connectivity index (χ0v) is 8.40. The molecular weight excluding hydrogens is 192 g/mol. The molecular formula is C10H12N4O. The van der Waals surface area contributed by atoms with Gasteiger partial charge in [0.1, 0.15) is 6.54 Å². The van der Waals surface area contributed by atoms with E-state index in [1.807, 2.05) is 25.1 Å². The van der Waals surface area contributed by atoms with Crippen LogP contribution in [0.5, 0.6) is 0 Å². The maximum atomic E-state index is 10.9. The number of fused-ring (bicyclic) bond motifs is 1. The molecule has 15 heavy (non-hydrogen) atoms. The number of carbonyl (C=O) groups excluding carboxylic acids is 1. The summed E-state index contributed by atoms with van der Waals surface area (Å²) in [5.41, 5.74) is 13.5. The lowest BCUT2D eigenvalue weighted by Crippen LogP contribution is -2.19. The molecule has 4 N–H and O–H groups in total. The Morgan fingerprint density at radius 2 is 2.27 bits per heavy atom. The smallest absolute Gasteiger partial charge is 0.237 e. The van der Waals surface area contributed by atoms with Crippen molar-refractivity contribution in [2.45, 2.75) is 13.5 Å². The number of nitrogen functional groups attached to an aromatic ring is 1. The van der Waals surface area contributed by atoms with Crippen LogP contribution in [0.25, 0.3) is 11.0 Å². The van der Waals surface area contributed by atoms with Crippen LogP contribution in [0.3, 0.4) is 0 Å². The molecule has 0 fully saturated rings. The highest BCUT2D eigenvalue weighted by molar-refractivity contribution is 5.82. The predicted octanol–water partition coefficient (Wildman–Crippen LogP) is 0.412. The van der Waals surface area contributed by atoms with Gasteiger partial charge in [0.05, 0.1) is 11.0 Å². The first-order valence-corrected chi connectivity index (χ1v) is 4.58. The number of imidazole rings is 1. The molecule has 0 aliphatic rings. The van der Waals surface area contributed by atoms with Gasteiger partial charge in [-0.05, 0) is 24.6 Å². The van der Waals surface area contributed by atoms with Crippen LogP contribution in [0.1, 0.15) is 5.56 Å². The number of aryl methyl sites for hydroxylation is 1. The molecule has 0 aliphatic heterocycles. The minimum absolute atomic E-state index is 0.0613. The summed E-state index contributed by atoms with van der Waals surface area (Å²) >= 11 is 0. The van der Waals surface area contributed by atoms with E-state index in [1.54, 1.807) is 4.57 Å². The van der Waals surface area contributed by atoms with Crippen molar-refractivity contribution in [3.8, 4) is 0 Å². The van der Waals surface area contributed by atoms with E-state index in [1.165, 1.54) is 0 Å². The number of benzene rings is 1. The standard InChI is InChI=1S/C10H12N4O/c1-6-2-3-7-8(4-6)14(5-9(11)15)10(12)13-7/h2-4H,5H2,1H3,(H2,11,15)(H2,12,13). The van der Waals surface area contributed by atoms with Gasteiger partial charge in [-0.2, -0.15) is 0 Å². The molecule has 0 saturated heterocycles. The lowest BCUT2D eigenvalue weighted by atomic mass is 10.2. The van der Waals surface area contributed by atoms with Crippen molar-refractivity contribution < 1.29 is 4.79 Å². The summed E-state index contributed by atoms with van der Waals surface area (Å²) < 4.78 is 1.62. The average Bonchev–Trinajstić information content (AvgIpc) is 2.43. The van der Waals surface area contributed by atoms with Gasteiger partial charge in [0.2, 0.25) is 11.9 Å². The Balaban J connectivity index is 2.65. The predicted molar refractivity (Wildman–Crippen MR) is 58.1 cm³/mol. The molecule has 1 heterocycles. The number of amides is 1. The first-order chi connectivity index (χ1) is 7.08. The van der Waals surface area contributed by atoms with Gasteiger partial charge in [0, 0.05) is 0 Å². The third kappa shape index (κ3) is 1.63. The summed E-state index contributed by atoms with van der Waals surface area (Å²) in [5, 5.41) is 0. The highest BCUT2D eigenvalue weighted by Crippen LogP contribution is 2.18. The molecule has 2 aromatic rings. The normalized spacial score (nSPS) is 10.7. The Morgan fingerprint density at radius 1 is 1.53 bits per heavy atom. The van der Waals surface area contributed by atoms with Gasteiger partial charge < -0.3 is 16.0 Å². The first kappa shape index (κ1) is 9.51. The molecule has 0 unspecified atom stereocenters. The van der Waals surface area contributed by atoms with Gasteiger partial charge in [0.15, 0.2) is 0 Å². The molecule has 78 valence electrons. The average molecular weight is 204 g/mol. The van der Waals surface area contributed by atoms with Crippen molar-refractivity contribution in [3.05, 3.63) is 23.8 Å². The Bertz CT molecular complexity index is 529. The molecule has 0 atom stereocenters.